The fourth-order valence-electron chi connectivity index (χ4n) is 3.24. The molecule has 0 fully saturated rings. The fourth-order valence-corrected chi connectivity index (χ4v) is 3.24. The van der Waals surface area contributed by atoms with E-state index in [-0.39, 0.29) is 0 Å². The van der Waals surface area contributed by atoms with E-state index in [1.165, 1.54) is 5.56 Å². The highest BCUT2D eigenvalue weighted by Crippen LogP contribution is 2.21. The van der Waals surface area contributed by atoms with E-state index < -0.39 is 12.1 Å². The lowest BCUT2D eigenvalue weighted by atomic mass is 10.2. The molecule has 172 valence electrons. The largest absolute Gasteiger partial charge is 0.497 e. The molecule has 0 aliphatic carbocycles. The minimum atomic E-state index is -0.654. The van der Waals surface area contributed by atoms with Crippen LogP contribution in [0.15, 0.2) is 73.1 Å². The second kappa shape index (κ2) is 9.86. The number of hydrogen-bond donors (Lipinski definition) is 3. The van der Waals surface area contributed by atoms with Gasteiger partial charge in [0.25, 0.3) is 0 Å². The normalized spacial score (nSPS) is 10.4. The summed E-state index contributed by atoms with van der Waals surface area (Å²) in [5.41, 5.74) is 4.79. The van der Waals surface area contributed by atoms with Gasteiger partial charge in [0, 0.05) is 16.9 Å². The molecule has 1 aromatic heterocycles. The number of amides is 4. The summed E-state index contributed by atoms with van der Waals surface area (Å²) >= 11 is 0. The number of benzene rings is 3. The van der Waals surface area contributed by atoms with Crippen molar-refractivity contribution < 1.29 is 14.3 Å². The van der Waals surface area contributed by atoms with Gasteiger partial charge in [-0.3, -0.25) is 5.32 Å². The maximum absolute atomic E-state index is 12.2. The average molecular weight is 457 g/mol. The average Bonchev–Trinajstić information content (AvgIpc) is 3.31. The molecule has 9 heteroatoms. The van der Waals surface area contributed by atoms with Gasteiger partial charge in [-0.25, -0.2) is 19.3 Å². The molecule has 9 nitrogen and oxygen atoms in total. The van der Waals surface area contributed by atoms with E-state index in [2.05, 4.69) is 26.0 Å². The van der Waals surface area contributed by atoms with Crippen molar-refractivity contribution in [3.8, 4) is 22.8 Å². The Bertz CT molecular complexity index is 1310. The van der Waals surface area contributed by atoms with Crippen LogP contribution in [0.3, 0.4) is 0 Å². The lowest BCUT2D eigenvalue weighted by molar-refractivity contribution is 0.240. The number of methoxy groups -OCH3 is 1. The van der Waals surface area contributed by atoms with E-state index >= 15 is 0 Å². The van der Waals surface area contributed by atoms with Crippen molar-refractivity contribution in [2.24, 2.45) is 0 Å². The molecular formula is C25H24N6O3. The van der Waals surface area contributed by atoms with Crippen LogP contribution in [0.5, 0.6) is 5.75 Å². The van der Waals surface area contributed by atoms with Crippen molar-refractivity contribution in [3.05, 3.63) is 84.2 Å². The van der Waals surface area contributed by atoms with Crippen molar-refractivity contribution in [2.75, 3.05) is 17.7 Å². The number of aryl methyl sites for hydroxylation is 2. The number of carbonyl (C=O) groups excluding carboxylic acids is 2. The van der Waals surface area contributed by atoms with E-state index in [4.69, 9.17) is 4.74 Å². The molecular weight excluding hydrogens is 432 g/mol. The van der Waals surface area contributed by atoms with Crippen LogP contribution < -0.4 is 20.7 Å². The first-order chi connectivity index (χ1) is 16.4. The number of imide groups is 1. The third-order valence-corrected chi connectivity index (χ3v) is 5.10. The Morgan fingerprint density at radius 3 is 2.26 bits per heavy atom. The lowest BCUT2D eigenvalue weighted by Crippen LogP contribution is -2.37. The molecule has 0 saturated heterocycles. The highest BCUT2D eigenvalue weighted by atomic mass is 16.5. The quantitative estimate of drug-likeness (QED) is 0.395. The van der Waals surface area contributed by atoms with Crippen LogP contribution >= 0.6 is 0 Å². The Morgan fingerprint density at radius 2 is 1.59 bits per heavy atom. The molecule has 0 saturated carbocycles. The number of carbonyl (C=O) groups is 2. The van der Waals surface area contributed by atoms with Gasteiger partial charge in [-0.15, -0.1) is 5.10 Å². The van der Waals surface area contributed by atoms with E-state index in [1.807, 2.05) is 38.1 Å². The van der Waals surface area contributed by atoms with Crippen LogP contribution in [0, 0.1) is 13.8 Å². The highest BCUT2D eigenvalue weighted by molar-refractivity contribution is 6.05. The predicted octanol–water partition coefficient (Wildman–Crippen LogP) is 4.91. The third-order valence-electron chi connectivity index (χ3n) is 5.10. The minimum Gasteiger partial charge on any atom is -0.497 e. The standard InChI is InChI=1S/C25H24N6O3/c1-16-4-10-20(11-5-16)31-15-26-23(30-31)18-6-8-19(9-7-18)27-24(32)29-25(33)28-22-13-12-21(34-3)14-17(22)2/h4-15H,1-3H3,(H3,27,28,29,32,33). The smallest absolute Gasteiger partial charge is 0.327 e. The first kappa shape index (κ1) is 22.5. The number of aromatic nitrogens is 3. The van der Waals surface area contributed by atoms with Gasteiger partial charge in [0.2, 0.25) is 0 Å². The molecule has 4 rings (SSSR count). The molecule has 0 bridgehead atoms. The number of anilines is 2. The maximum atomic E-state index is 12.2. The van der Waals surface area contributed by atoms with Gasteiger partial charge >= 0.3 is 12.1 Å². The summed E-state index contributed by atoms with van der Waals surface area (Å²) in [7, 11) is 1.57. The number of hydrogen-bond acceptors (Lipinski definition) is 5. The number of ether oxygens (including phenoxy) is 1. The number of nitrogens with zero attached hydrogens (tertiary/aromatic N) is 3. The van der Waals surface area contributed by atoms with Crippen molar-refractivity contribution in [1.82, 2.24) is 20.1 Å². The molecule has 4 amide bonds. The van der Waals surface area contributed by atoms with Gasteiger partial charge < -0.3 is 15.4 Å². The zero-order chi connectivity index (χ0) is 24.1. The molecule has 3 N–H and O–H groups in total. The first-order valence-electron chi connectivity index (χ1n) is 10.5. The third kappa shape index (κ3) is 5.39. The summed E-state index contributed by atoms with van der Waals surface area (Å²) < 4.78 is 6.85. The van der Waals surface area contributed by atoms with Crippen LogP contribution in [0.4, 0.5) is 21.0 Å². The monoisotopic (exact) mass is 456 g/mol. The van der Waals surface area contributed by atoms with Crippen LogP contribution in [-0.4, -0.2) is 33.9 Å². The second-order valence-corrected chi connectivity index (χ2v) is 7.64. The Balaban J connectivity index is 1.34. The zero-order valence-corrected chi connectivity index (χ0v) is 19.0. The SMILES string of the molecule is COc1ccc(NC(=O)NC(=O)Nc2ccc(-c3ncn(-c4ccc(C)cc4)n3)cc2)c(C)c1. The molecule has 4 aromatic rings. The molecule has 34 heavy (non-hydrogen) atoms. The molecule has 0 spiro atoms. The molecule has 0 aliphatic heterocycles. The van der Waals surface area contributed by atoms with Crippen LogP contribution in [0.2, 0.25) is 0 Å². The summed E-state index contributed by atoms with van der Waals surface area (Å²) in [6.45, 7) is 3.86. The minimum absolute atomic E-state index is 0.521. The Labute approximate surface area is 196 Å². The number of rotatable bonds is 5. The zero-order valence-electron chi connectivity index (χ0n) is 19.0. The van der Waals surface area contributed by atoms with Crippen LogP contribution in [-0.2, 0) is 0 Å². The number of urea groups is 2. The fraction of sp³-hybridized carbons (Fsp3) is 0.120. The van der Waals surface area contributed by atoms with Crippen LogP contribution in [0.1, 0.15) is 11.1 Å². The van der Waals surface area contributed by atoms with Crippen molar-refractivity contribution in [1.29, 1.82) is 0 Å². The Kier molecular flexibility index (Phi) is 6.54. The molecule has 3 aromatic carbocycles. The molecule has 0 aliphatic rings. The summed E-state index contributed by atoms with van der Waals surface area (Å²) in [6, 6.07) is 18.9. The van der Waals surface area contributed by atoms with E-state index in [9.17, 15) is 9.59 Å². The molecule has 0 radical (unpaired) electrons. The molecule has 1 heterocycles. The van der Waals surface area contributed by atoms with Gasteiger partial charge in [-0.1, -0.05) is 17.7 Å². The van der Waals surface area contributed by atoms with Gasteiger partial charge in [-0.2, -0.15) is 0 Å². The van der Waals surface area contributed by atoms with Gasteiger partial charge in [-0.05, 0) is 74.0 Å². The molecule has 0 unspecified atom stereocenters. The highest BCUT2D eigenvalue weighted by Gasteiger charge is 2.11. The maximum Gasteiger partial charge on any atom is 0.327 e. The predicted molar refractivity (Wildman–Crippen MR) is 130 cm³/mol. The van der Waals surface area contributed by atoms with E-state index in [0.29, 0.717) is 22.9 Å². The summed E-state index contributed by atoms with van der Waals surface area (Å²) in [5.74, 6) is 1.24. The second-order valence-electron chi connectivity index (χ2n) is 7.64. The summed E-state index contributed by atoms with van der Waals surface area (Å²) in [4.78, 5) is 28.7. The number of nitrogens with one attached hydrogen (secondary N) is 3. The van der Waals surface area contributed by atoms with Crippen LogP contribution in [0.25, 0.3) is 17.1 Å². The summed E-state index contributed by atoms with van der Waals surface area (Å²) in [6.07, 6.45) is 1.66. The van der Waals surface area contributed by atoms with E-state index in [1.54, 1.807) is 60.6 Å². The summed E-state index contributed by atoms with van der Waals surface area (Å²) in [5, 5.41) is 12.0. The topological polar surface area (TPSA) is 110 Å². The van der Waals surface area contributed by atoms with Gasteiger partial charge in [0.1, 0.15) is 12.1 Å². The van der Waals surface area contributed by atoms with Crippen molar-refractivity contribution >= 4 is 23.4 Å². The van der Waals surface area contributed by atoms with Crippen molar-refractivity contribution in [2.45, 2.75) is 13.8 Å². The Morgan fingerprint density at radius 1 is 0.882 bits per heavy atom. The molecule has 0 atom stereocenters. The van der Waals surface area contributed by atoms with Gasteiger partial charge in [0.05, 0.1) is 12.8 Å². The Hall–Kier alpha value is -4.66. The van der Waals surface area contributed by atoms with Gasteiger partial charge in [0.15, 0.2) is 5.82 Å². The lowest BCUT2D eigenvalue weighted by Gasteiger charge is -2.11. The van der Waals surface area contributed by atoms with Crippen molar-refractivity contribution in [3.63, 3.8) is 0 Å². The first-order valence-corrected chi connectivity index (χ1v) is 10.5. The van der Waals surface area contributed by atoms with E-state index in [0.717, 1.165) is 16.8 Å².